The number of benzene rings is 1. The molecule has 2 aromatic rings. The molecule has 1 aromatic heterocycles. The van der Waals surface area contributed by atoms with E-state index in [1.54, 1.807) is 26.5 Å². The second-order valence-electron chi connectivity index (χ2n) is 5.39. The molecule has 0 fully saturated rings. The summed E-state index contributed by atoms with van der Waals surface area (Å²) in [7, 11) is 3.28. The molecule has 0 aliphatic rings. The van der Waals surface area contributed by atoms with Gasteiger partial charge in [0.25, 0.3) is 5.91 Å². The predicted molar refractivity (Wildman–Crippen MR) is 96.0 cm³/mol. The Labute approximate surface area is 147 Å². The number of methoxy groups -OCH3 is 2. The molecule has 0 aliphatic heterocycles. The molecule has 0 spiro atoms. The zero-order chi connectivity index (χ0) is 17.9. The summed E-state index contributed by atoms with van der Waals surface area (Å²) >= 11 is 0. The third kappa shape index (κ3) is 6.39. The van der Waals surface area contributed by atoms with E-state index in [9.17, 15) is 4.79 Å². The van der Waals surface area contributed by atoms with Gasteiger partial charge in [-0.3, -0.25) is 4.79 Å². The van der Waals surface area contributed by atoms with Crippen molar-refractivity contribution >= 4 is 11.9 Å². The van der Waals surface area contributed by atoms with Gasteiger partial charge in [0, 0.05) is 33.0 Å². The largest absolute Gasteiger partial charge is 0.497 e. The Kier molecular flexibility index (Phi) is 7.65. The SMILES string of the molecule is COCCCNC(=O)c1ccnc(NCCc2ccc(OC)cc2)n1. The maximum absolute atomic E-state index is 12.0. The molecule has 1 aromatic carbocycles. The van der Waals surface area contributed by atoms with Gasteiger partial charge in [-0.05, 0) is 36.6 Å². The van der Waals surface area contributed by atoms with E-state index in [-0.39, 0.29) is 5.91 Å². The molecule has 7 heteroatoms. The number of carbonyl (C=O) groups excluding carboxylic acids is 1. The van der Waals surface area contributed by atoms with E-state index in [4.69, 9.17) is 9.47 Å². The number of anilines is 1. The monoisotopic (exact) mass is 344 g/mol. The Morgan fingerprint density at radius 3 is 2.64 bits per heavy atom. The quantitative estimate of drug-likeness (QED) is 0.641. The maximum Gasteiger partial charge on any atom is 0.270 e. The van der Waals surface area contributed by atoms with Crippen LogP contribution >= 0.6 is 0 Å². The zero-order valence-corrected chi connectivity index (χ0v) is 14.6. The van der Waals surface area contributed by atoms with Crippen LogP contribution in [0.5, 0.6) is 5.75 Å². The van der Waals surface area contributed by atoms with Crippen molar-refractivity contribution in [2.75, 3.05) is 39.2 Å². The zero-order valence-electron chi connectivity index (χ0n) is 14.6. The van der Waals surface area contributed by atoms with Crippen LogP contribution in [0.2, 0.25) is 0 Å². The summed E-state index contributed by atoms with van der Waals surface area (Å²) in [6, 6.07) is 9.50. The first-order chi connectivity index (χ1) is 12.2. The number of ether oxygens (including phenoxy) is 2. The molecule has 25 heavy (non-hydrogen) atoms. The minimum atomic E-state index is -0.211. The molecule has 0 saturated carbocycles. The van der Waals surface area contributed by atoms with Crippen LogP contribution in [0.15, 0.2) is 36.5 Å². The molecule has 0 aliphatic carbocycles. The second-order valence-corrected chi connectivity index (χ2v) is 5.39. The first-order valence-corrected chi connectivity index (χ1v) is 8.20. The molecule has 2 N–H and O–H groups in total. The number of aromatic nitrogens is 2. The Balaban J connectivity index is 1.80. The van der Waals surface area contributed by atoms with E-state index in [0.29, 0.717) is 31.3 Å². The molecule has 0 bridgehead atoms. The Morgan fingerprint density at radius 1 is 1.12 bits per heavy atom. The Hall–Kier alpha value is -2.67. The standard InChI is InChI=1S/C18H24N4O3/c1-24-13-3-10-19-17(23)16-9-12-21-18(22-16)20-11-8-14-4-6-15(25-2)7-5-14/h4-7,9,12H,3,8,10-11,13H2,1-2H3,(H,19,23)(H,20,21,22). The summed E-state index contributed by atoms with van der Waals surface area (Å²) in [5, 5.41) is 5.94. The molecule has 7 nitrogen and oxygen atoms in total. The van der Waals surface area contributed by atoms with Gasteiger partial charge >= 0.3 is 0 Å². The molecule has 1 amide bonds. The first kappa shape index (κ1) is 18.7. The fraction of sp³-hybridized carbons (Fsp3) is 0.389. The molecule has 0 atom stereocenters. The topological polar surface area (TPSA) is 85.4 Å². The second kappa shape index (κ2) is 10.2. The van der Waals surface area contributed by atoms with Crippen molar-refractivity contribution < 1.29 is 14.3 Å². The van der Waals surface area contributed by atoms with Gasteiger partial charge in [0.1, 0.15) is 11.4 Å². The lowest BCUT2D eigenvalue weighted by atomic mass is 10.1. The van der Waals surface area contributed by atoms with Crippen molar-refractivity contribution in [2.24, 2.45) is 0 Å². The van der Waals surface area contributed by atoms with Gasteiger partial charge in [0.15, 0.2) is 0 Å². The highest BCUT2D eigenvalue weighted by molar-refractivity contribution is 5.92. The van der Waals surface area contributed by atoms with E-state index >= 15 is 0 Å². The maximum atomic E-state index is 12.0. The highest BCUT2D eigenvalue weighted by Crippen LogP contribution is 2.11. The molecular formula is C18H24N4O3. The number of nitrogens with one attached hydrogen (secondary N) is 2. The van der Waals surface area contributed by atoms with Crippen LogP contribution in [0.25, 0.3) is 0 Å². The van der Waals surface area contributed by atoms with E-state index in [0.717, 1.165) is 18.6 Å². The minimum absolute atomic E-state index is 0.211. The molecule has 0 saturated heterocycles. The van der Waals surface area contributed by atoms with Crippen LogP contribution in [-0.2, 0) is 11.2 Å². The lowest BCUT2D eigenvalue weighted by Gasteiger charge is -2.08. The Morgan fingerprint density at radius 2 is 1.92 bits per heavy atom. The molecule has 2 rings (SSSR count). The van der Waals surface area contributed by atoms with E-state index in [1.165, 1.54) is 5.56 Å². The van der Waals surface area contributed by atoms with E-state index in [2.05, 4.69) is 20.6 Å². The average Bonchev–Trinajstić information content (AvgIpc) is 2.66. The fourth-order valence-corrected chi connectivity index (χ4v) is 2.19. The molecule has 134 valence electrons. The number of carbonyl (C=O) groups is 1. The molecule has 0 radical (unpaired) electrons. The lowest BCUT2D eigenvalue weighted by molar-refractivity contribution is 0.0943. The van der Waals surface area contributed by atoms with E-state index < -0.39 is 0 Å². The number of amides is 1. The molecular weight excluding hydrogens is 320 g/mol. The van der Waals surface area contributed by atoms with Crippen molar-refractivity contribution in [3.8, 4) is 5.75 Å². The third-order valence-corrected chi connectivity index (χ3v) is 3.55. The van der Waals surface area contributed by atoms with Gasteiger partial charge in [-0.25, -0.2) is 9.97 Å². The highest BCUT2D eigenvalue weighted by Gasteiger charge is 2.08. The number of nitrogens with zero attached hydrogens (tertiary/aromatic N) is 2. The van der Waals surface area contributed by atoms with Crippen LogP contribution in [0.3, 0.4) is 0 Å². The normalized spacial score (nSPS) is 10.3. The Bertz CT molecular complexity index is 662. The van der Waals surface area contributed by atoms with Crippen molar-refractivity contribution in [2.45, 2.75) is 12.8 Å². The third-order valence-electron chi connectivity index (χ3n) is 3.55. The van der Waals surface area contributed by atoms with Crippen molar-refractivity contribution in [3.05, 3.63) is 47.8 Å². The van der Waals surface area contributed by atoms with Crippen molar-refractivity contribution in [3.63, 3.8) is 0 Å². The number of hydrogen-bond donors (Lipinski definition) is 2. The molecule has 0 unspecified atom stereocenters. The highest BCUT2D eigenvalue weighted by atomic mass is 16.5. The summed E-state index contributed by atoms with van der Waals surface area (Å²) in [5.74, 6) is 1.07. The van der Waals surface area contributed by atoms with Crippen LogP contribution < -0.4 is 15.4 Å². The fourth-order valence-electron chi connectivity index (χ4n) is 2.19. The smallest absolute Gasteiger partial charge is 0.270 e. The summed E-state index contributed by atoms with van der Waals surface area (Å²) in [5.41, 5.74) is 1.53. The first-order valence-electron chi connectivity index (χ1n) is 8.20. The lowest BCUT2D eigenvalue weighted by Crippen LogP contribution is -2.26. The summed E-state index contributed by atoms with van der Waals surface area (Å²) in [6.45, 7) is 1.84. The van der Waals surface area contributed by atoms with Gasteiger partial charge in [-0.1, -0.05) is 12.1 Å². The van der Waals surface area contributed by atoms with Crippen molar-refractivity contribution in [1.82, 2.24) is 15.3 Å². The van der Waals surface area contributed by atoms with Crippen LogP contribution in [0.4, 0.5) is 5.95 Å². The van der Waals surface area contributed by atoms with Crippen LogP contribution in [0.1, 0.15) is 22.5 Å². The van der Waals surface area contributed by atoms with Gasteiger partial charge in [0.2, 0.25) is 5.95 Å². The van der Waals surface area contributed by atoms with Crippen LogP contribution in [0, 0.1) is 0 Å². The summed E-state index contributed by atoms with van der Waals surface area (Å²) in [4.78, 5) is 20.4. The van der Waals surface area contributed by atoms with Crippen LogP contribution in [-0.4, -0.2) is 49.8 Å². The van der Waals surface area contributed by atoms with E-state index in [1.807, 2.05) is 24.3 Å². The van der Waals surface area contributed by atoms with Crippen molar-refractivity contribution in [1.29, 1.82) is 0 Å². The number of rotatable bonds is 10. The average molecular weight is 344 g/mol. The number of hydrogen-bond acceptors (Lipinski definition) is 6. The van der Waals surface area contributed by atoms with Gasteiger partial charge in [-0.15, -0.1) is 0 Å². The minimum Gasteiger partial charge on any atom is -0.497 e. The van der Waals surface area contributed by atoms with Gasteiger partial charge in [-0.2, -0.15) is 0 Å². The van der Waals surface area contributed by atoms with Gasteiger partial charge in [0.05, 0.1) is 7.11 Å². The van der Waals surface area contributed by atoms with Gasteiger partial charge < -0.3 is 20.1 Å². The molecule has 1 heterocycles. The summed E-state index contributed by atoms with van der Waals surface area (Å²) in [6.07, 6.45) is 3.16. The summed E-state index contributed by atoms with van der Waals surface area (Å²) < 4.78 is 10.1. The predicted octanol–water partition coefficient (Wildman–Crippen LogP) is 1.91.